The molecule has 5 aliphatic rings. The lowest BCUT2D eigenvalue weighted by molar-refractivity contribution is -0.143. The summed E-state index contributed by atoms with van der Waals surface area (Å²) in [6, 6.07) is 11.1. The molecular weight excluding hydrogens is 580 g/mol. The summed E-state index contributed by atoms with van der Waals surface area (Å²) in [5.41, 5.74) is 2.33. The Morgan fingerprint density at radius 1 is 1.09 bits per heavy atom. The van der Waals surface area contributed by atoms with E-state index in [2.05, 4.69) is 23.6 Å². The number of likely N-dealkylation sites (tertiary alicyclic amines) is 1. The molecule has 246 valence electrons. The van der Waals surface area contributed by atoms with Gasteiger partial charge in [0.25, 0.3) is 0 Å². The number of ketones is 1. The minimum absolute atomic E-state index is 0.113. The number of rotatable bonds is 12. The average molecular weight is 629 g/mol. The van der Waals surface area contributed by atoms with Crippen molar-refractivity contribution >= 4 is 17.7 Å². The Morgan fingerprint density at radius 3 is 2.57 bits per heavy atom. The molecule has 3 aliphatic carbocycles. The van der Waals surface area contributed by atoms with Gasteiger partial charge in [-0.1, -0.05) is 44.2 Å². The maximum atomic E-state index is 14.1. The van der Waals surface area contributed by atoms with E-state index < -0.39 is 5.97 Å². The van der Waals surface area contributed by atoms with Crippen LogP contribution in [-0.4, -0.2) is 70.4 Å². The summed E-state index contributed by atoms with van der Waals surface area (Å²) in [4.78, 5) is 43.7. The number of ether oxygens (including phenoxy) is 2. The van der Waals surface area contributed by atoms with Crippen LogP contribution < -0.4 is 9.47 Å². The Bertz CT molecular complexity index is 1500. The second-order valence-corrected chi connectivity index (χ2v) is 14.9. The molecular formula is C38H48N2O6. The van der Waals surface area contributed by atoms with Crippen molar-refractivity contribution in [1.29, 1.82) is 0 Å². The van der Waals surface area contributed by atoms with Gasteiger partial charge in [0.2, 0.25) is 5.91 Å². The monoisotopic (exact) mass is 628 g/mol. The molecule has 1 amide bonds. The number of amides is 1. The number of carbonyl (C=O) groups is 3. The lowest BCUT2D eigenvalue weighted by Crippen LogP contribution is -2.69. The number of unbranched alkanes of at least 4 members (excludes halogenated alkanes) is 1. The molecule has 8 heteroatoms. The Balaban J connectivity index is 1.17. The van der Waals surface area contributed by atoms with Crippen LogP contribution in [0, 0.1) is 17.8 Å². The van der Waals surface area contributed by atoms with E-state index in [0.717, 1.165) is 61.4 Å². The first-order valence-electron chi connectivity index (χ1n) is 17.5. The maximum Gasteiger partial charge on any atom is 0.308 e. The van der Waals surface area contributed by atoms with Crippen LogP contribution in [0.3, 0.4) is 0 Å². The molecule has 7 rings (SSSR count). The predicted molar refractivity (Wildman–Crippen MR) is 174 cm³/mol. The van der Waals surface area contributed by atoms with E-state index in [0.29, 0.717) is 49.9 Å². The van der Waals surface area contributed by atoms with E-state index in [1.165, 1.54) is 19.8 Å². The Labute approximate surface area is 272 Å². The fourth-order valence-corrected chi connectivity index (χ4v) is 9.35. The number of piperidine rings is 1. The number of hydrogen-bond acceptors (Lipinski definition) is 7. The average Bonchev–Trinajstić information content (AvgIpc) is 3.78. The zero-order chi connectivity index (χ0) is 32.2. The summed E-state index contributed by atoms with van der Waals surface area (Å²) < 4.78 is 12.6. The van der Waals surface area contributed by atoms with Crippen LogP contribution in [0.5, 0.6) is 17.2 Å². The van der Waals surface area contributed by atoms with Crippen LogP contribution in [0.25, 0.3) is 0 Å². The topological polar surface area (TPSA) is 96.4 Å². The summed E-state index contributed by atoms with van der Waals surface area (Å²) in [7, 11) is 0. The summed E-state index contributed by atoms with van der Waals surface area (Å²) in [5.74, 6) is 2.24. The van der Waals surface area contributed by atoms with Crippen molar-refractivity contribution in [2.45, 2.75) is 109 Å². The van der Waals surface area contributed by atoms with Gasteiger partial charge < -0.3 is 19.5 Å². The van der Waals surface area contributed by atoms with Crippen molar-refractivity contribution in [2.24, 2.45) is 17.8 Å². The number of phenols is 1. The third-order valence-corrected chi connectivity index (χ3v) is 11.4. The second-order valence-electron chi connectivity index (χ2n) is 14.9. The highest BCUT2D eigenvalue weighted by Gasteiger charge is 2.67. The van der Waals surface area contributed by atoms with E-state index in [-0.39, 0.29) is 46.7 Å². The molecule has 2 bridgehead atoms. The zero-order valence-electron chi connectivity index (χ0n) is 27.5. The first kappa shape index (κ1) is 31.2. The molecule has 0 aromatic heterocycles. The molecule has 2 saturated carbocycles. The normalized spacial score (nSPS) is 27.6. The molecule has 2 aromatic rings. The van der Waals surface area contributed by atoms with Gasteiger partial charge >= 0.3 is 5.97 Å². The maximum absolute atomic E-state index is 14.1. The van der Waals surface area contributed by atoms with E-state index in [4.69, 9.17) is 9.47 Å². The van der Waals surface area contributed by atoms with Gasteiger partial charge in [0.05, 0.1) is 6.04 Å². The molecule has 2 aromatic carbocycles. The van der Waals surface area contributed by atoms with Gasteiger partial charge in [-0.25, -0.2) is 0 Å². The molecule has 1 N–H and O–H groups in total. The SMILES string of the molecule is CC(=O)Oc1cc(O)c2c3c1O[C@H]1[C@H](N(CC(C)C)C(=O)CCCCC(=O)c4ccccc4)CC[C@H]4[C@@H](C2)N(CC2CC2)CC[C@@]341. The third kappa shape index (κ3) is 5.50. The van der Waals surface area contributed by atoms with E-state index in [1.54, 1.807) is 6.07 Å². The fourth-order valence-electron chi connectivity index (χ4n) is 9.35. The van der Waals surface area contributed by atoms with E-state index >= 15 is 0 Å². The highest BCUT2D eigenvalue weighted by Crippen LogP contribution is 2.66. The van der Waals surface area contributed by atoms with Crippen molar-refractivity contribution in [3.8, 4) is 17.2 Å². The molecule has 2 heterocycles. The summed E-state index contributed by atoms with van der Waals surface area (Å²) in [6.07, 6.45) is 7.99. The van der Waals surface area contributed by atoms with Crippen molar-refractivity contribution in [3.05, 3.63) is 53.1 Å². The molecule has 0 radical (unpaired) electrons. The number of benzene rings is 2. The fraction of sp³-hybridized carbons (Fsp3) is 0.605. The molecule has 1 saturated heterocycles. The lowest BCUT2D eigenvalue weighted by Gasteiger charge is -2.60. The molecule has 5 atom stereocenters. The van der Waals surface area contributed by atoms with E-state index in [1.807, 2.05) is 30.3 Å². The third-order valence-electron chi connectivity index (χ3n) is 11.4. The highest BCUT2D eigenvalue weighted by atomic mass is 16.6. The minimum atomic E-state index is -0.449. The molecule has 2 aliphatic heterocycles. The van der Waals surface area contributed by atoms with Gasteiger partial charge in [0.15, 0.2) is 17.3 Å². The standard InChI is InChI=1S/C38H48N2O6/c1-23(2)21-40(34(44)12-8-7-11-31(42)26-9-5-4-6-10-26)29-16-15-28-30-19-27-32(43)20-33(45-24(3)41)36-35(27)38(28,37(29)46-36)17-18-39(30)22-25-13-14-25/h4-6,9-10,20,23,25,28-30,37,43H,7-8,11-19,21-22H2,1-3H3/t28-,29+,30+,37-,38-/m0/s1. The quantitative estimate of drug-likeness (QED) is 0.132. The number of phenolic OH excluding ortho intramolecular Hbond substituents is 1. The smallest absolute Gasteiger partial charge is 0.308 e. The molecule has 1 spiro atoms. The summed E-state index contributed by atoms with van der Waals surface area (Å²) in [5, 5.41) is 11.4. The minimum Gasteiger partial charge on any atom is -0.508 e. The Hall–Kier alpha value is -3.39. The van der Waals surface area contributed by atoms with Gasteiger partial charge in [-0.05, 0) is 75.7 Å². The van der Waals surface area contributed by atoms with Crippen LogP contribution >= 0.6 is 0 Å². The van der Waals surface area contributed by atoms with Crippen molar-refractivity contribution < 1.29 is 29.0 Å². The Kier molecular flexibility index (Phi) is 8.37. The van der Waals surface area contributed by atoms with Gasteiger partial charge in [0, 0.05) is 67.1 Å². The summed E-state index contributed by atoms with van der Waals surface area (Å²) in [6.45, 7) is 8.39. The first-order valence-corrected chi connectivity index (χ1v) is 17.5. The molecule has 8 nitrogen and oxygen atoms in total. The largest absolute Gasteiger partial charge is 0.508 e. The number of aromatic hydroxyl groups is 1. The van der Waals surface area contributed by atoms with Crippen LogP contribution in [0.4, 0.5) is 0 Å². The summed E-state index contributed by atoms with van der Waals surface area (Å²) >= 11 is 0. The predicted octanol–water partition coefficient (Wildman–Crippen LogP) is 6.06. The van der Waals surface area contributed by atoms with Crippen LogP contribution in [0.15, 0.2) is 36.4 Å². The van der Waals surface area contributed by atoms with Crippen LogP contribution in [0.2, 0.25) is 0 Å². The highest BCUT2D eigenvalue weighted by molar-refractivity contribution is 5.96. The Morgan fingerprint density at radius 2 is 1.85 bits per heavy atom. The number of hydrogen-bond donors (Lipinski definition) is 1. The van der Waals surface area contributed by atoms with Gasteiger partial charge in [0.1, 0.15) is 11.9 Å². The number of esters is 1. The van der Waals surface area contributed by atoms with Crippen molar-refractivity contribution in [3.63, 3.8) is 0 Å². The van der Waals surface area contributed by atoms with Crippen LogP contribution in [0.1, 0.15) is 100 Å². The van der Waals surface area contributed by atoms with Crippen molar-refractivity contribution in [1.82, 2.24) is 9.80 Å². The van der Waals surface area contributed by atoms with Gasteiger partial charge in [-0.3, -0.25) is 19.3 Å². The second kappa shape index (κ2) is 12.3. The number of nitrogens with zero attached hydrogens (tertiary/aromatic N) is 2. The number of carbonyl (C=O) groups excluding carboxylic acids is 3. The van der Waals surface area contributed by atoms with E-state index in [9.17, 15) is 19.5 Å². The zero-order valence-corrected chi connectivity index (χ0v) is 27.5. The van der Waals surface area contributed by atoms with Crippen molar-refractivity contribution in [2.75, 3.05) is 19.6 Å². The van der Waals surface area contributed by atoms with Crippen LogP contribution in [-0.2, 0) is 21.4 Å². The van der Waals surface area contributed by atoms with Gasteiger partial charge in [-0.2, -0.15) is 0 Å². The van der Waals surface area contributed by atoms with Gasteiger partial charge in [-0.15, -0.1) is 0 Å². The molecule has 3 fully saturated rings. The first-order chi connectivity index (χ1) is 22.2. The molecule has 46 heavy (non-hydrogen) atoms. The molecule has 0 unspecified atom stereocenters. The number of Topliss-reactive ketones (excluding diaryl/α,β-unsaturated/α-hetero) is 1. The lowest BCUT2D eigenvalue weighted by atomic mass is 9.50.